The van der Waals surface area contributed by atoms with Crippen molar-refractivity contribution >= 4 is 0 Å². The van der Waals surface area contributed by atoms with Crippen molar-refractivity contribution in [3.05, 3.63) is 35.4 Å². The van der Waals surface area contributed by atoms with Crippen LogP contribution in [0.2, 0.25) is 0 Å². The lowest BCUT2D eigenvalue weighted by molar-refractivity contribution is 0.494. The van der Waals surface area contributed by atoms with Gasteiger partial charge >= 0.3 is 0 Å². The lowest BCUT2D eigenvalue weighted by Gasteiger charge is -2.14. The first-order valence-electron chi connectivity index (χ1n) is 4.10. The lowest BCUT2D eigenvalue weighted by atomic mass is 10.0. The minimum absolute atomic E-state index is 0.269. The molecule has 0 fully saturated rings. The highest BCUT2D eigenvalue weighted by molar-refractivity contribution is 5.22. The van der Waals surface area contributed by atoms with Crippen molar-refractivity contribution < 1.29 is 8.78 Å². The number of nitrogens with two attached hydrogens (primary N) is 1. The molecule has 0 saturated carbocycles. The van der Waals surface area contributed by atoms with Crippen LogP contribution in [0.25, 0.3) is 0 Å². The van der Waals surface area contributed by atoms with Gasteiger partial charge in [0.25, 0.3) is 0 Å². The third kappa shape index (κ3) is 2.23. The Morgan fingerprint density at radius 2 is 2.15 bits per heavy atom. The zero-order valence-electron chi connectivity index (χ0n) is 7.35. The third-order valence-electron chi connectivity index (χ3n) is 1.94. The first kappa shape index (κ1) is 10.1. The van der Waals surface area contributed by atoms with E-state index in [-0.39, 0.29) is 11.6 Å². The zero-order chi connectivity index (χ0) is 9.84. The van der Waals surface area contributed by atoms with Gasteiger partial charge in [-0.15, -0.1) is 0 Å². The minimum atomic E-state index is -0.454. The van der Waals surface area contributed by atoms with Gasteiger partial charge in [0.15, 0.2) is 0 Å². The Kier molecular flexibility index (Phi) is 3.33. The number of halogens is 2. The van der Waals surface area contributed by atoms with Crippen molar-refractivity contribution in [3.8, 4) is 0 Å². The molecule has 0 aliphatic carbocycles. The highest BCUT2D eigenvalue weighted by Gasteiger charge is 2.12. The quantitative estimate of drug-likeness (QED) is 0.558. The van der Waals surface area contributed by atoms with E-state index in [1.165, 1.54) is 0 Å². The molecule has 0 aromatic heterocycles. The molecule has 1 rings (SSSR count). The normalized spacial score (nSPS) is 12.9. The number of hydrogen-bond acceptors (Lipinski definition) is 2. The van der Waals surface area contributed by atoms with Crippen molar-refractivity contribution in [1.29, 1.82) is 0 Å². The van der Waals surface area contributed by atoms with Gasteiger partial charge in [0.2, 0.25) is 0 Å². The largest absolute Gasteiger partial charge is 0.271 e. The van der Waals surface area contributed by atoms with Crippen LogP contribution in [-0.2, 0) is 0 Å². The van der Waals surface area contributed by atoms with Gasteiger partial charge in [-0.2, -0.15) is 0 Å². The third-order valence-corrected chi connectivity index (χ3v) is 1.94. The van der Waals surface area contributed by atoms with E-state index < -0.39 is 11.6 Å². The van der Waals surface area contributed by atoms with Crippen LogP contribution in [0.4, 0.5) is 8.78 Å². The molecule has 1 atom stereocenters. The number of rotatable bonds is 3. The van der Waals surface area contributed by atoms with E-state index >= 15 is 0 Å². The summed E-state index contributed by atoms with van der Waals surface area (Å²) < 4.78 is 25.9. The molecular weight excluding hydrogens is 174 g/mol. The molecule has 0 aliphatic heterocycles. The maximum atomic E-state index is 13.1. The maximum Gasteiger partial charge on any atom is 0.128 e. The second-order valence-electron chi connectivity index (χ2n) is 2.79. The molecule has 0 aliphatic rings. The maximum absolute atomic E-state index is 13.1. The summed E-state index contributed by atoms with van der Waals surface area (Å²) in [7, 11) is 0. The van der Waals surface area contributed by atoms with E-state index in [9.17, 15) is 8.78 Å². The molecule has 0 bridgehead atoms. The molecular formula is C9H12F2N2. The number of nitrogens with one attached hydrogen (secondary N) is 1. The summed E-state index contributed by atoms with van der Waals surface area (Å²) in [6.07, 6.45) is 0.608. The molecule has 0 spiro atoms. The van der Waals surface area contributed by atoms with Crippen LogP contribution in [-0.4, -0.2) is 0 Å². The summed E-state index contributed by atoms with van der Waals surface area (Å²) in [5.41, 5.74) is 2.70. The van der Waals surface area contributed by atoms with E-state index in [0.717, 1.165) is 18.2 Å². The van der Waals surface area contributed by atoms with Crippen molar-refractivity contribution in [2.75, 3.05) is 0 Å². The van der Waals surface area contributed by atoms with Crippen molar-refractivity contribution in [1.82, 2.24) is 5.43 Å². The SMILES string of the molecule is CC[C@H](NN)c1cc(F)ccc1F. The summed E-state index contributed by atoms with van der Waals surface area (Å²) >= 11 is 0. The van der Waals surface area contributed by atoms with Gasteiger partial charge in [0.1, 0.15) is 11.6 Å². The van der Waals surface area contributed by atoms with Crippen LogP contribution in [0.5, 0.6) is 0 Å². The Morgan fingerprint density at radius 3 is 2.69 bits per heavy atom. The summed E-state index contributed by atoms with van der Waals surface area (Å²) in [4.78, 5) is 0. The minimum Gasteiger partial charge on any atom is -0.271 e. The van der Waals surface area contributed by atoms with Crippen LogP contribution >= 0.6 is 0 Å². The van der Waals surface area contributed by atoms with E-state index in [0.29, 0.717) is 6.42 Å². The molecule has 0 heterocycles. The van der Waals surface area contributed by atoms with E-state index in [2.05, 4.69) is 5.43 Å². The standard InChI is InChI=1S/C9H12F2N2/c1-2-9(13-12)7-5-6(10)3-4-8(7)11/h3-5,9,13H,2,12H2,1H3/t9-/m0/s1. The molecule has 4 heteroatoms. The average molecular weight is 186 g/mol. The smallest absolute Gasteiger partial charge is 0.128 e. The van der Waals surface area contributed by atoms with Crippen LogP contribution in [0.3, 0.4) is 0 Å². The zero-order valence-corrected chi connectivity index (χ0v) is 7.35. The molecule has 1 aromatic rings. The Balaban J connectivity index is 3.03. The molecule has 0 unspecified atom stereocenters. The topological polar surface area (TPSA) is 38.0 Å². The second-order valence-corrected chi connectivity index (χ2v) is 2.79. The number of benzene rings is 1. The van der Waals surface area contributed by atoms with Crippen LogP contribution in [0.1, 0.15) is 24.9 Å². The van der Waals surface area contributed by atoms with Gasteiger partial charge in [-0.1, -0.05) is 6.92 Å². The van der Waals surface area contributed by atoms with E-state index in [4.69, 9.17) is 5.84 Å². The Hall–Kier alpha value is -1.00. The molecule has 2 nitrogen and oxygen atoms in total. The van der Waals surface area contributed by atoms with Gasteiger partial charge in [-0.25, -0.2) is 8.78 Å². The second kappa shape index (κ2) is 4.30. The molecule has 13 heavy (non-hydrogen) atoms. The van der Waals surface area contributed by atoms with Crippen LogP contribution < -0.4 is 11.3 Å². The van der Waals surface area contributed by atoms with Crippen LogP contribution in [0.15, 0.2) is 18.2 Å². The molecule has 0 saturated heterocycles. The van der Waals surface area contributed by atoms with Gasteiger partial charge in [-0.05, 0) is 24.6 Å². The van der Waals surface area contributed by atoms with E-state index in [1.54, 1.807) is 0 Å². The molecule has 1 aromatic carbocycles. The predicted octanol–water partition coefficient (Wildman–Crippen LogP) is 1.88. The first-order valence-corrected chi connectivity index (χ1v) is 4.10. The summed E-state index contributed by atoms with van der Waals surface area (Å²) in [6, 6.07) is 3.01. The van der Waals surface area contributed by atoms with Gasteiger partial charge in [-0.3, -0.25) is 11.3 Å². The Bertz CT molecular complexity index is 285. The fourth-order valence-corrected chi connectivity index (χ4v) is 1.21. The van der Waals surface area contributed by atoms with E-state index in [1.807, 2.05) is 6.92 Å². The van der Waals surface area contributed by atoms with Crippen molar-refractivity contribution in [2.45, 2.75) is 19.4 Å². The molecule has 0 amide bonds. The van der Waals surface area contributed by atoms with Gasteiger partial charge < -0.3 is 0 Å². The summed E-state index contributed by atoms with van der Waals surface area (Å²) in [6.45, 7) is 1.84. The fraction of sp³-hybridized carbons (Fsp3) is 0.333. The molecule has 72 valence electrons. The lowest BCUT2D eigenvalue weighted by Crippen LogP contribution is -2.28. The Labute approximate surface area is 75.7 Å². The number of hydrazine groups is 1. The fourth-order valence-electron chi connectivity index (χ4n) is 1.21. The molecule has 3 N–H and O–H groups in total. The van der Waals surface area contributed by atoms with Gasteiger partial charge in [0, 0.05) is 11.6 Å². The average Bonchev–Trinajstić information content (AvgIpc) is 2.13. The van der Waals surface area contributed by atoms with Crippen molar-refractivity contribution in [2.24, 2.45) is 5.84 Å². The highest BCUT2D eigenvalue weighted by Crippen LogP contribution is 2.19. The number of hydrogen-bond donors (Lipinski definition) is 2. The van der Waals surface area contributed by atoms with Crippen molar-refractivity contribution in [3.63, 3.8) is 0 Å². The Morgan fingerprint density at radius 1 is 1.46 bits per heavy atom. The van der Waals surface area contributed by atoms with Crippen LogP contribution in [0, 0.1) is 11.6 Å². The first-order chi connectivity index (χ1) is 6.19. The highest BCUT2D eigenvalue weighted by atomic mass is 19.1. The predicted molar refractivity (Wildman–Crippen MR) is 46.7 cm³/mol. The van der Waals surface area contributed by atoms with Gasteiger partial charge in [0.05, 0.1) is 0 Å². The summed E-state index contributed by atoms with van der Waals surface area (Å²) in [5.74, 6) is 4.30. The monoisotopic (exact) mass is 186 g/mol. The summed E-state index contributed by atoms with van der Waals surface area (Å²) in [5, 5.41) is 0. The molecule has 0 radical (unpaired) electrons.